The van der Waals surface area contributed by atoms with E-state index in [1.54, 1.807) is 7.11 Å². The zero-order valence-electron chi connectivity index (χ0n) is 10.1. The summed E-state index contributed by atoms with van der Waals surface area (Å²) in [4.78, 5) is 11.5. The number of carboxylic acids is 1. The maximum Gasteiger partial charge on any atom is 0.338 e. The molecule has 1 heterocycles. The molecule has 1 aromatic heterocycles. The Bertz CT molecular complexity index is 662. The summed E-state index contributed by atoms with van der Waals surface area (Å²) in [6, 6.07) is 8.78. The predicted octanol–water partition coefficient (Wildman–Crippen LogP) is 2.44. The lowest BCUT2D eigenvalue weighted by Gasteiger charge is -1.97. The van der Waals surface area contributed by atoms with Gasteiger partial charge >= 0.3 is 5.97 Å². The second-order valence-electron chi connectivity index (χ2n) is 3.67. The van der Waals surface area contributed by atoms with Gasteiger partial charge in [0.15, 0.2) is 0 Å². The molecular formula is C14H11NO3S. The third-order valence-corrected chi connectivity index (χ3v) is 3.29. The third kappa shape index (κ3) is 3.06. The molecule has 5 heteroatoms. The zero-order chi connectivity index (χ0) is 13.8. The predicted molar refractivity (Wildman–Crippen MR) is 74.7 cm³/mol. The fourth-order valence-corrected chi connectivity index (χ4v) is 2.21. The van der Waals surface area contributed by atoms with E-state index in [4.69, 9.17) is 15.6 Å². The molecule has 0 saturated carbocycles. The van der Waals surface area contributed by atoms with Crippen molar-refractivity contribution in [3.8, 4) is 17.6 Å². The number of aromatic carboxylic acids is 1. The highest BCUT2D eigenvalue weighted by Gasteiger charge is 2.11. The standard InChI is InChI=1S/C14H11NO3S/c1-18-10-5-2-9(3-6-10)4-7-11-8-12(14(16)17)13(15)19-11/h2-3,5-6,8H,15H2,1H3,(H,16,17). The van der Waals surface area contributed by atoms with Gasteiger partial charge in [0.05, 0.1) is 17.6 Å². The average Bonchev–Trinajstić information content (AvgIpc) is 2.78. The van der Waals surface area contributed by atoms with E-state index in [0.717, 1.165) is 11.3 Å². The van der Waals surface area contributed by atoms with E-state index < -0.39 is 5.97 Å². The van der Waals surface area contributed by atoms with Crippen molar-refractivity contribution in [3.05, 3.63) is 46.3 Å². The van der Waals surface area contributed by atoms with Crippen molar-refractivity contribution in [1.82, 2.24) is 0 Å². The van der Waals surface area contributed by atoms with Gasteiger partial charge in [-0.15, -0.1) is 11.3 Å². The molecule has 2 aromatic rings. The Morgan fingerprint density at radius 1 is 1.32 bits per heavy atom. The highest BCUT2D eigenvalue weighted by Crippen LogP contribution is 2.24. The van der Waals surface area contributed by atoms with Crippen LogP contribution >= 0.6 is 11.3 Å². The van der Waals surface area contributed by atoms with Crippen LogP contribution in [0, 0.1) is 11.8 Å². The third-order valence-electron chi connectivity index (χ3n) is 2.41. The molecule has 0 spiro atoms. The van der Waals surface area contributed by atoms with E-state index in [0.29, 0.717) is 4.88 Å². The largest absolute Gasteiger partial charge is 0.497 e. The number of nitrogen functional groups attached to an aromatic ring is 1. The lowest BCUT2D eigenvalue weighted by Crippen LogP contribution is -1.97. The Labute approximate surface area is 114 Å². The number of benzene rings is 1. The van der Waals surface area contributed by atoms with Crippen molar-refractivity contribution in [1.29, 1.82) is 0 Å². The molecule has 2 rings (SSSR count). The van der Waals surface area contributed by atoms with Gasteiger partial charge in [0, 0.05) is 5.56 Å². The number of carbonyl (C=O) groups is 1. The molecule has 4 nitrogen and oxygen atoms in total. The SMILES string of the molecule is COc1ccc(C#Cc2cc(C(=O)O)c(N)s2)cc1. The minimum absolute atomic E-state index is 0.101. The second-order valence-corrected chi connectivity index (χ2v) is 4.76. The van der Waals surface area contributed by atoms with Crippen LogP contribution in [-0.2, 0) is 0 Å². The Morgan fingerprint density at radius 3 is 2.53 bits per heavy atom. The molecule has 0 unspecified atom stereocenters. The fraction of sp³-hybridized carbons (Fsp3) is 0.0714. The maximum absolute atomic E-state index is 10.8. The average molecular weight is 273 g/mol. The number of hydrogen-bond donors (Lipinski definition) is 2. The van der Waals surface area contributed by atoms with E-state index in [1.807, 2.05) is 24.3 Å². The second kappa shape index (κ2) is 5.46. The summed E-state index contributed by atoms with van der Waals surface area (Å²) in [5.74, 6) is 5.57. The van der Waals surface area contributed by atoms with Crippen molar-refractivity contribution < 1.29 is 14.6 Å². The molecule has 1 aromatic carbocycles. The molecule has 0 aliphatic rings. The van der Waals surface area contributed by atoms with Crippen molar-refractivity contribution in [3.63, 3.8) is 0 Å². The molecule has 0 bridgehead atoms. The smallest absolute Gasteiger partial charge is 0.338 e. The maximum atomic E-state index is 10.8. The van der Waals surface area contributed by atoms with E-state index in [1.165, 1.54) is 17.4 Å². The first-order chi connectivity index (χ1) is 9.10. The fourth-order valence-electron chi connectivity index (χ4n) is 1.44. The molecule has 0 atom stereocenters. The molecule has 0 saturated heterocycles. The first kappa shape index (κ1) is 13.0. The van der Waals surface area contributed by atoms with Gasteiger partial charge < -0.3 is 15.6 Å². The van der Waals surface area contributed by atoms with Gasteiger partial charge in [0.2, 0.25) is 0 Å². The van der Waals surface area contributed by atoms with Gasteiger partial charge in [-0.25, -0.2) is 4.79 Å². The summed E-state index contributed by atoms with van der Waals surface area (Å²) in [6.07, 6.45) is 0. The molecule has 3 N–H and O–H groups in total. The first-order valence-electron chi connectivity index (χ1n) is 5.39. The van der Waals surface area contributed by atoms with Crippen LogP contribution in [0.3, 0.4) is 0 Å². The number of anilines is 1. The van der Waals surface area contributed by atoms with Crippen LogP contribution in [0.2, 0.25) is 0 Å². The van der Waals surface area contributed by atoms with E-state index >= 15 is 0 Å². The minimum atomic E-state index is -1.04. The number of ether oxygens (including phenoxy) is 1. The summed E-state index contributed by atoms with van der Waals surface area (Å²) >= 11 is 1.17. The zero-order valence-corrected chi connectivity index (χ0v) is 11.0. The highest BCUT2D eigenvalue weighted by atomic mass is 32.1. The number of hydrogen-bond acceptors (Lipinski definition) is 4. The summed E-state index contributed by atoms with van der Waals surface area (Å²) in [6.45, 7) is 0. The minimum Gasteiger partial charge on any atom is -0.497 e. The summed E-state index contributed by atoms with van der Waals surface area (Å²) in [5, 5.41) is 9.16. The van der Waals surface area contributed by atoms with Crippen LogP contribution in [0.25, 0.3) is 0 Å². The van der Waals surface area contributed by atoms with Crippen molar-refractivity contribution in [2.75, 3.05) is 12.8 Å². The normalized spacial score (nSPS) is 9.53. The Hall–Kier alpha value is -2.45. The van der Waals surface area contributed by atoms with E-state index in [9.17, 15) is 4.79 Å². The molecule has 96 valence electrons. The summed E-state index contributed by atoms with van der Waals surface area (Å²) in [5.41, 5.74) is 6.53. The lowest BCUT2D eigenvalue weighted by atomic mass is 10.2. The van der Waals surface area contributed by atoms with E-state index in [2.05, 4.69) is 11.8 Å². The van der Waals surface area contributed by atoms with Gasteiger partial charge in [-0.1, -0.05) is 11.8 Å². The first-order valence-corrected chi connectivity index (χ1v) is 6.20. The number of thiophene rings is 1. The van der Waals surface area contributed by atoms with Crippen LogP contribution in [-0.4, -0.2) is 18.2 Å². The van der Waals surface area contributed by atoms with Crippen LogP contribution in [0.4, 0.5) is 5.00 Å². The highest BCUT2D eigenvalue weighted by molar-refractivity contribution is 7.16. The topological polar surface area (TPSA) is 72.5 Å². The Kier molecular flexibility index (Phi) is 3.74. The van der Waals surface area contributed by atoms with Crippen LogP contribution in [0.15, 0.2) is 30.3 Å². The molecule has 19 heavy (non-hydrogen) atoms. The van der Waals surface area contributed by atoms with E-state index in [-0.39, 0.29) is 10.6 Å². The van der Waals surface area contributed by atoms with Crippen molar-refractivity contribution in [2.24, 2.45) is 0 Å². The van der Waals surface area contributed by atoms with Crippen molar-refractivity contribution >= 4 is 22.3 Å². The molecule has 0 amide bonds. The Morgan fingerprint density at radius 2 is 2.00 bits per heavy atom. The van der Waals surface area contributed by atoms with Gasteiger partial charge in [0.1, 0.15) is 10.8 Å². The quantitative estimate of drug-likeness (QED) is 0.824. The van der Waals surface area contributed by atoms with Gasteiger partial charge in [-0.2, -0.15) is 0 Å². The van der Waals surface area contributed by atoms with Gasteiger partial charge in [-0.3, -0.25) is 0 Å². The molecule has 0 radical (unpaired) electrons. The molecular weight excluding hydrogens is 262 g/mol. The van der Waals surface area contributed by atoms with Gasteiger partial charge in [0.25, 0.3) is 0 Å². The lowest BCUT2D eigenvalue weighted by molar-refractivity contribution is 0.0698. The van der Waals surface area contributed by atoms with Gasteiger partial charge in [-0.05, 0) is 30.3 Å². The number of carboxylic acid groups (broad SMARTS) is 1. The van der Waals surface area contributed by atoms with Crippen LogP contribution in [0.5, 0.6) is 5.75 Å². The monoisotopic (exact) mass is 273 g/mol. The number of methoxy groups -OCH3 is 1. The van der Waals surface area contributed by atoms with Crippen LogP contribution < -0.4 is 10.5 Å². The van der Waals surface area contributed by atoms with Crippen molar-refractivity contribution in [2.45, 2.75) is 0 Å². The number of rotatable bonds is 2. The summed E-state index contributed by atoms with van der Waals surface area (Å²) < 4.78 is 5.05. The number of nitrogens with two attached hydrogens (primary N) is 1. The Balaban J connectivity index is 2.23. The molecule has 0 fully saturated rings. The molecule has 0 aliphatic heterocycles. The summed E-state index contributed by atoms with van der Waals surface area (Å²) in [7, 11) is 1.60. The molecule has 0 aliphatic carbocycles. The van der Waals surface area contributed by atoms with Crippen LogP contribution in [0.1, 0.15) is 20.8 Å².